The van der Waals surface area contributed by atoms with Crippen molar-refractivity contribution in [2.45, 2.75) is 25.9 Å². The van der Waals surface area contributed by atoms with E-state index in [0.717, 1.165) is 23.1 Å². The number of hydrogen-bond acceptors (Lipinski definition) is 3. The molecule has 1 unspecified atom stereocenters. The summed E-state index contributed by atoms with van der Waals surface area (Å²) < 4.78 is 2.69. The molecule has 20 heavy (non-hydrogen) atoms. The predicted octanol–water partition coefficient (Wildman–Crippen LogP) is 3.29. The van der Waals surface area contributed by atoms with Crippen LogP contribution < -0.4 is 5.32 Å². The second-order valence-corrected chi connectivity index (χ2v) is 5.26. The number of nitrogens with zero attached hydrogens (tertiary/aromatic N) is 2. The number of benzene rings is 1. The summed E-state index contributed by atoms with van der Waals surface area (Å²) >= 11 is 3.41. The van der Waals surface area contributed by atoms with Gasteiger partial charge in [-0.3, -0.25) is 0 Å². The lowest BCUT2D eigenvalue weighted by atomic mass is 10.2. The van der Waals surface area contributed by atoms with Crippen LogP contribution in [0.2, 0.25) is 0 Å². The number of aryl methyl sites for hydroxylation is 1. The smallest absolute Gasteiger partial charge is 0.332 e. The van der Waals surface area contributed by atoms with Crippen LogP contribution in [0.4, 0.5) is 5.69 Å². The molecule has 2 N–H and O–H groups in total. The van der Waals surface area contributed by atoms with Gasteiger partial charge < -0.3 is 15.0 Å². The van der Waals surface area contributed by atoms with Crippen LogP contribution in [0.25, 0.3) is 0 Å². The van der Waals surface area contributed by atoms with Crippen molar-refractivity contribution in [3.63, 3.8) is 0 Å². The molecule has 2 rings (SSSR count). The van der Waals surface area contributed by atoms with E-state index >= 15 is 0 Å². The second-order valence-electron chi connectivity index (χ2n) is 4.41. The Morgan fingerprint density at radius 1 is 1.50 bits per heavy atom. The third kappa shape index (κ3) is 3.19. The zero-order chi connectivity index (χ0) is 14.5. The molecule has 0 saturated heterocycles. The fraction of sp³-hybridized carbons (Fsp3) is 0.286. The number of halogens is 1. The predicted molar refractivity (Wildman–Crippen MR) is 80.7 cm³/mol. The van der Waals surface area contributed by atoms with E-state index in [4.69, 9.17) is 0 Å². The molecule has 0 bridgehead atoms. The van der Waals surface area contributed by atoms with Gasteiger partial charge in [-0.1, -0.05) is 19.1 Å². The fourth-order valence-electron chi connectivity index (χ4n) is 2.00. The molecule has 1 aromatic heterocycles. The molecular weight excluding hydrogens is 322 g/mol. The van der Waals surface area contributed by atoms with Gasteiger partial charge in [0.05, 0.1) is 18.2 Å². The lowest BCUT2D eigenvalue weighted by Gasteiger charge is -2.18. The van der Waals surface area contributed by atoms with Crippen molar-refractivity contribution in [3.05, 3.63) is 47.0 Å². The monoisotopic (exact) mass is 337 g/mol. The van der Waals surface area contributed by atoms with E-state index in [9.17, 15) is 9.90 Å². The Hall–Kier alpha value is -1.82. The number of aliphatic carboxylic acids is 1. The van der Waals surface area contributed by atoms with E-state index < -0.39 is 12.0 Å². The maximum absolute atomic E-state index is 11.6. The number of hydrogen-bond donors (Lipinski definition) is 2. The van der Waals surface area contributed by atoms with Crippen LogP contribution in [0.3, 0.4) is 0 Å². The lowest BCUT2D eigenvalue weighted by molar-refractivity contribution is -0.138. The molecule has 0 amide bonds. The number of para-hydroxylation sites is 1. The van der Waals surface area contributed by atoms with E-state index in [2.05, 4.69) is 26.2 Å². The molecule has 0 radical (unpaired) electrons. The first-order valence-electron chi connectivity index (χ1n) is 6.37. The zero-order valence-corrected chi connectivity index (χ0v) is 12.7. The number of imidazole rings is 1. The Morgan fingerprint density at radius 2 is 2.25 bits per heavy atom. The SMILES string of the molecule is CCCn1cncc1C(Nc1ccccc1Br)C(=O)O. The Labute approximate surface area is 125 Å². The van der Waals surface area contributed by atoms with Crippen LogP contribution in [-0.4, -0.2) is 20.6 Å². The average Bonchev–Trinajstić information content (AvgIpc) is 2.86. The van der Waals surface area contributed by atoms with Crippen LogP contribution in [-0.2, 0) is 11.3 Å². The molecule has 0 spiro atoms. The molecule has 0 aliphatic rings. The van der Waals surface area contributed by atoms with Gasteiger partial charge in [-0.15, -0.1) is 0 Å². The van der Waals surface area contributed by atoms with E-state index in [0.29, 0.717) is 5.69 Å². The summed E-state index contributed by atoms with van der Waals surface area (Å²) in [7, 11) is 0. The molecule has 2 aromatic rings. The van der Waals surface area contributed by atoms with Crippen LogP contribution in [0.1, 0.15) is 25.1 Å². The first-order chi connectivity index (χ1) is 9.63. The van der Waals surface area contributed by atoms with Crippen molar-refractivity contribution in [3.8, 4) is 0 Å². The van der Waals surface area contributed by atoms with E-state index in [1.807, 2.05) is 35.8 Å². The number of rotatable bonds is 6. The largest absolute Gasteiger partial charge is 0.479 e. The average molecular weight is 338 g/mol. The number of aromatic nitrogens is 2. The highest BCUT2D eigenvalue weighted by Gasteiger charge is 2.23. The second kappa shape index (κ2) is 6.56. The van der Waals surface area contributed by atoms with Crippen molar-refractivity contribution in [2.24, 2.45) is 0 Å². The third-order valence-corrected chi connectivity index (χ3v) is 3.62. The van der Waals surface area contributed by atoms with Gasteiger partial charge in [0.25, 0.3) is 0 Å². The van der Waals surface area contributed by atoms with E-state index in [1.54, 1.807) is 12.5 Å². The maximum Gasteiger partial charge on any atom is 0.332 e. The Kier molecular flexibility index (Phi) is 4.79. The van der Waals surface area contributed by atoms with Crippen molar-refractivity contribution < 1.29 is 9.90 Å². The van der Waals surface area contributed by atoms with Crippen molar-refractivity contribution in [1.82, 2.24) is 9.55 Å². The van der Waals surface area contributed by atoms with Crippen LogP contribution in [0.5, 0.6) is 0 Å². The number of anilines is 1. The molecule has 1 atom stereocenters. The van der Waals surface area contributed by atoms with Gasteiger partial charge in [-0.2, -0.15) is 0 Å². The van der Waals surface area contributed by atoms with Crippen molar-refractivity contribution >= 4 is 27.6 Å². The highest BCUT2D eigenvalue weighted by atomic mass is 79.9. The summed E-state index contributed by atoms with van der Waals surface area (Å²) in [6, 6.07) is 6.61. The normalized spacial score (nSPS) is 12.1. The highest BCUT2D eigenvalue weighted by Crippen LogP contribution is 2.26. The molecule has 0 aliphatic heterocycles. The fourth-order valence-corrected chi connectivity index (χ4v) is 2.39. The molecule has 0 aliphatic carbocycles. The molecule has 1 aromatic carbocycles. The van der Waals surface area contributed by atoms with E-state index in [-0.39, 0.29) is 0 Å². The van der Waals surface area contributed by atoms with E-state index in [1.165, 1.54) is 0 Å². The quantitative estimate of drug-likeness (QED) is 0.848. The molecule has 6 heteroatoms. The molecule has 106 valence electrons. The molecule has 0 fully saturated rings. The van der Waals surface area contributed by atoms with Crippen LogP contribution in [0, 0.1) is 0 Å². The minimum atomic E-state index is -0.932. The van der Waals surface area contributed by atoms with Crippen molar-refractivity contribution in [1.29, 1.82) is 0 Å². The van der Waals surface area contributed by atoms with Gasteiger partial charge in [0, 0.05) is 16.7 Å². The topological polar surface area (TPSA) is 67.2 Å². The standard InChI is InChI=1S/C14H16BrN3O2/c1-2-7-18-9-16-8-12(18)13(14(19)20)17-11-6-4-3-5-10(11)15/h3-6,8-9,13,17H,2,7H2,1H3,(H,19,20). The summed E-state index contributed by atoms with van der Waals surface area (Å²) in [6.07, 6.45) is 4.18. The summed E-state index contributed by atoms with van der Waals surface area (Å²) in [6.45, 7) is 2.79. The van der Waals surface area contributed by atoms with Crippen LogP contribution >= 0.6 is 15.9 Å². The van der Waals surface area contributed by atoms with Crippen molar-refractivity contribution in [2.75, 3.05) is 5.32 Å². The molecule has 0 saturated carbocycles. The number of carboxylic acid groups (broad SMARTS) is 1. The number of carboxylic acids is 1. The summed E-state index contributed by atoms with van der Waals surface area (Å²) in [4.78, 5) is 15.6. The minimum absolute atomic E-state index is 0.648. The number of nitrogens with one attached hydrogen (secondary N) is 1. The highest BCUT2D eigenvalue weighted by molar-refractivity contribution is 9.10. The first-order valence-corrected chi connectivity index (χ1v) is 7.16. The minimum Gasteiger partial charge on any atom is -0.479 e. The summed E-state index contributed by atoms with van der Waals surface area (Å²) in [5.41, 5.74) is 1.39. The first kappa shape index (κ1) is 14.6. The van der Waals surface area contributed by atoms with Gasteiger partial charge in [0.2, 0.25) is 0 Å². The third-order valence-electron chi connectivity index (χ3n) is 2.93. The summed E-state index contributed by atoms with van der Waals surface area (Å²) in [5.74, 6) is -0.932. The van der Waals surface area contributed by atoms with Gasteiger partial charge in [-0.25, -0.2) is 9.78 Å². The Morgan fingerprint density at radius 3 is 2.90 bits per heavy atom. The zero-order valence-electron chi connectivity index (χ0n) is 11.1. The lowest BCUT2D eigenvalue weighted by Crippen LogP contribution is -2.23. The van der Waals surface area contributed by atoms with Gasteiger partial charge in [-0.05, 0) is 34.5 Å². The van der Waals surface area contributed by atoms with Gasteiger partial charge in [0.15, 0.2) is 6.04 Å². The molecular formula is C14H16BrN3O2. The maximum atomic E-state index is 11.6. The van der Waals surface area contributed by atoms with Gasteiger partial charge >= 0.3 is 5.97 Å². The summed E-state index contributed by atoms with van der Waals surface area (Å²) in [5, 5.41) is 12.5. The molecule has 5 nitrogen and oxygen atoms in total. The molecule has 1 heterocycles. The van der Waals surface area contributed by atoms with Gasteiger partial charge in [0.1, 0.15) is 0 Å². The van der Waals surface area contributed by atoms with Crippen LogP contribution in [0.15, 0.2) is 41.3 Å². The Bertz CT molecular complexity index is 598. The number of carbonyl (C=O) groups is 1. The Balaban J connectivity index is 2.30.